The minimum Gasteiger partial charge on any atom is -0.741 e. The number of benzene rings is 1. The van der Waals surface area contributed by atoms with Gasteiger partial charge in [0.25, 0.3) is 0 Å². The predicted molar refractivity (Wildman–Crippen MR) is 73.5 cm³/mol. The number of alkyl halides is 3. The first kappa shape index (κ1) is 17.9. The summed E-state index contributed by atoms with van der Waals surface area (Å²) >= 11 is 0. The number of nitrogens with zero attached hydrogens (tertiary/aromatic N) is 1. The number of hydrogen-bond donors (Lipinski definition) is 0. The zero-order chi connectivity index (χ0) is 17.0. The molecule has 0 saturated carbocycles. The molecule has 0 unspecified atom stereocenters. The van der Waals surface area contributed by atoms with Crippen LogP contribution in [0.5, 0.6) is 0 Å². The van der Waals surface area contributed by atoms with Crippen LogP contribution in [0, 0.1) is 19.3 Å². The third-order valence-corrected chi connectivity index (χ3v) is 3.26. The Hall–Kier alpha value is -2.11. The molecule has 0 bridgehead atoms. The van der Waals surface area contributed by atoms with Gasteiger partial charge in [-0.15, -0.1) is 6.42 Å². The first-order valence-electron chi connectivity index (χ1n) is 5.91. The maximum atomic E-state index is 10.7. The molecule has 0 atom stereocenters. The van der Waals surface area contributed by atoms with Crippen LogP contribution in [0.3, 0.4) is 0 Å². The van der Waals surface area contributed by atoms with Gasteiger partial charge in [0.05, 0.1) is 0 Å². The average Bonchev–Trinajstić information content (AvgIpc) is 2.41. The SMILES string of the molecule is C#CC[n+]1c(C)ccc2ccccc21.O=S(=O)([O-])C(F)(F)F. The van der Waals surface area contributed by atoms with E-state index in [-0.39, 0.29) is 0 Å². The third-order valence-electron chi connectivity index (χ3n) is 2.69. The number of aryl methyl sites for hydroxylation is 1. The lowest BCUT2D eigenvalue weighted by atomic mass is 10.2. The Morgan fingerprint density at radius 3 is 2.27 bits per heavy atom. The van der Waals surface area contributed by atoms with Crippen molar-refractivity contribution in [1.29, 1.82) is 0 Å². The summed E-state index contributed by atoms with van der Waals surface area (Å²) < 4.78 is 61.1. The Morgan fingerprint density at radius 1 is 1.23 bits per heavy atom. The first-order valence-corrected chi connectivity index (χ1v) is 7.32. The van der Waals surface area contributed by atoms with Crippen molar-refractivity contribution in [3.63, 3.8) is 0 Å². The predicted octanol–water partition coefficient (Wildman–Crippen LogP) is 2.12. The van der Waals surface area contributed by atoms with E-state index in [2.05, 4.69) is 41.7 Å². The van der Waals surface area contributed by atoms with Crippen LogP contribution in [0.15, 0.2) is 36.4 Å². The molecule has 1 aromatic carbocycles. The summed E-state index contributed by atoms with van der Waals surface area (Å²) in [5, 5.41) is 1.23. The number of fused-ring (bicyclic) bond motifs is 1. The van der Waals surface area contributed by atoms with Crippen LogP contribution < -0.4 is 4.57 Å². The monoisotopic (exact) mass is 331 g/mol. The zero-order valence-electron chi connectivity index (χ0n) is 11.5. The van der Waals surface area contributed by atoms with Crippen LogP contribution >= 0.6 is 0 Å². The van der Waals surface area contributed by atoms with E-state index in [4.69, 9.17) is 19.4 Å². The summed E-state index contributed by atoms with van der Waals surface area (Å²) in [6.07, 6.45) is 5.35. The lowest BCUT2D eigenvalue weighted by molar-refractivity contribution is -0.664. The van der Waals surface area contributed by atoms with Crippen LogP contribution in [0.2, 0.25) is 0 Å². The van der Waals surface area contributed by atoms with Crippen LogP contribution in [0.25, 0.3) is 10.9 Å². The Kier molecular flexibility index (Phi) is 5.52. The lowest BCUT2D eigenvalue weighted by Gasteiger charge is -2.08. The Balaban J connectivity index is 0.000000261. The number of hydrogen-bond acceptors (Lipinski definition) is 3. The van der Waals surface area contributed by atoms with E-state index in [0.717, 1.165) is 0 Å². The van der Waals surface area contributed by atoms with Crippen molar-refractivity contribution in [3.8, 4) is 12.3 Å². The topological polar surface area (TPSA) is 61.1 Å². The molecule has 0 N–H and O–H groups in total. The van der Waals surface area contributed by atoms with E-state index in [1.54, 1.807) is 0 Å². The van der Waals surface area contributed by atoms with Crippen molar-refractivity contribution in [3.05, 3.63) is 42.1 Å². The van der Waals surface area contributed by atoms with Gasteiger partial charge in [0.15, 0.2) is 15.8 Å². The highest BCUT2D eigenvalue weighted by Gasteiger charge is 2.36. The summed E-state index contributed by atoms with van der Waals surface area (Å²) in [7, 11) is -6.09. The molecule has 22 heavy (non-hydrogen) atoms. The standard InChI is InChI=1S/C13H12N.CHF3O3S/c1-3-10-14-11(2)8-9-12-6-4-5-7-13(12)14;2-1(3,4)8(5,6)7/h1,4-9H,10H2,2H3;(H,5,6,7)/q+1;/p-1. The van der Waals surface area contributed by atoms with E-state index in [1.165, 1.54) is 16.6 Å². The second-order valence-corrected chi connectivity index (χ2v) is 5.59. The molecule has 118 valence electrons. The van der Waals surface area contributed by atoms with Crippen molar-refractivity contribution < 1.29 is 30.7 Å². The summed E-state index contributed by atoms with van der Waals surface area (Å²) in [5.74, 6) is 2.68. The lowest BCUT2D eigenvalue weighted by Crippen LogP contribution is -2.37. The van der Waals surface area contributed by atoms with E-state index in [9.17, 15) is 13.2 Å². The van der Waals surface area contributed by atoms with Crippen LogP contribution in [0.4, 0.5) is 13.2 Å². The minimum atomic E-state index is -6.09. The number of aromatic nitrogens is 1. The van der Waals surface area contributed by atoms with E-state index in [1.807, 2.05) is 12.1 Å². The third kappa shape index (κ3) is 4.44. The van der Waals surface area contributed by atoms with Crippen molar-refractivity contribution >= 4 is 21.0 Å². The van der Waals surface area contributed by atoms with E-state index in [0.29, 0.717) is 6.54 Å². The number of terminal acetylenes is 1. The Bertz CT molecular complexity index is 808. The van der Waals surface area contributed by atoms with Gasteiger partial charge in [-0.2, -0.15) is 17.7 Å². The van der Waals surface area contributed by atoms with Crippen molar-refractivity contribution in [2.75, 3.05) is 0 Å². The zero-order valence-corrected chi connectivity index (χ0v) is 12.3. The van der Waals surface area contributed by atoms with Crippen LogP contribution in [-0.2, 0) is 16.7 Å². The molecule has 2 rings (SSSR count). The van der Waals surface area contributed by atoms with Gasteiger partial charge in [-0.1, -0.05) is 12.1 Å². The largest absolute Gasteiger partial charge is 0.741 e. The molecule has 0 fully saturated rings. The van der Waals surface area contributed by atoms with Gasteiger partial charge in [0, 0.05) is 24.4 Å². The van der Waals surface area contributed by atoms with Gasteiger partial charge in [-0.05, 0) is 18.1 Å². The second-order valence-electron chi connectivity index (χ2n) is 4.22. The molecule has 8 heteroatoms. The molecule has 0 aliphatic heterocycles. The van der Waals surface area contributed by atoms with Crippen molar-refractivity contribution in [1.82, 2.24) is 0 Å². The molecule has 2 aromatic rings. The maximum Gasteiger partial charge on any atom is 0.485 e. The molecule has 0 spiro atoms. The molecule has 0 amide bonds. The smallest absolute Gasteiger partial charge is 0.485 e. The van der Waals surface area contributed by atoms with Gasteiger partial charge >= 0.3 is 5.51 Å². The minimum absolute atomic E-state index is 0.632. The van der Waals surface area contributed by atoms with Crippen molar-refractivity contribution in [2.45, 2.75) is 19.0 Å². The van der Waals surface area contributed by atoms with Gasteiger partial charge in [0.1, 0.15) is 0 Å². The molecule has 0 aliphatic rings. The van der Waals surface area contributed by atoms with Crippen LogP contribution in [0.1, 0.15) is 5.69 Å². The average molecular weight is 331 g/mol. The number of rotatable bonds is 1. The van der Waals surface area contributed by atoms with Gasteiger partial charge in [-0.25, -0.2) is 8.42 Å². The summed E-state index contributed by atoms with van der Waals surface area (Å²) in [4.78, 5) is 0. The fourth-order valence-electron chi connectivity index (χ4n) is 1.67. The number of halogens is 3. The molecule has 1 heterocycles. The highest BCUT2D eigenvalue weighted by molar-refractivity contribution is 7.86. The molecule has 0 aliphatic carbocycles. The molecule has 1 aromatic heterocycles. The van der Waals surface area contributed by atoms with Crippen LogP contribution in [-0.4, -0.2) is 18.5 Å². The Labute approximate surface area is 125 Å². The molecular weight excluding hydrogens is 319 g/mol. The number of pyridine rings is 1. The molecule has 0 radical (unpaired) electrons. The summed E-state index contributed by atoms with van der Waals surface area (Å²) in [6.45, 7) is 2.71. The Morgan fingerprint density at radius 2 is 1.77 bits per heavy atom. The van der Waals surface area contributed by atoms with E-state index < -0.39 is 15.6 Å². The van der Waals surface area contributed by atoms with Crippen molar-refractivity contribution in [2.24, 2.45) is 0 Å². The van der Waals surface area contributed by atoms with Gasteiger partial charge in [0.2, 0.25) is 12.1 Å². The fraction of sp³-hybridized carbons (Fsp3) is 0.214. The normalized spacial score (nSPS) is 11.5. The highest BCUT2D eigenvalue weighted by Crippen LogP contribution is 2.20. The van der Waals surface area contributed by atoms with Gasteiger partial charge < -0.3 is 4.55 Å². The fourth-order valence-corrected chi connectivity index (χ4v) is 1.67. The second kappa shape index (κ2) is 6.77. The summed E-state index contributed by atoms with van der Waals surface area (Å²) in [6, 6.07) is 12.5. The molecular formula is C14H12F3NO3S. The van der Waals surface area contributed by atoms with E-state index >= 15 is 0 Å². The molecule has 0 saturated heterocycles. The number of para-hydroxylation sites is 1. The highest BCUT2D eigenvalue weighted by atomic mass is 32.2. The summed E-state index contributed by atoms with van der Waals surface area (Å²) in [5.41, 5.74) is -3.25. The maximum absolute atomic E-state index is 10.7. The first-order chi connectivity index (χ1) is 10.1. The quantitative estimate of drug-likeness (QED) is 0.348. The molecule has 4 nitrogen and oxygen atoms in total. The van der Waals surface area contributed by atoms with Gasteiger partial charge in [-0.3, -0.25) is 0 Å².